The molecule has 2 heteroatoms. The molecule has 0 N–H and O–H groups in total. The van der Waals surface area contributed by atoms with Gasteiger partial charge in [-0.05, 0) is 0 Å². The molecule has 1 rings (SSSR count). The third-order valence-corrected chi connectivity index (χ3v) is 3.59. The van der Waals surface area contributed by atoms with Crippen LogP contribution in [0.5, 0.6) is 0 Å². The zero-order chi connectivity index (χ0) is 13.4. The molecule has 0 heterocycles. The van der Waals surface area contributed by atoms with Crippen molar-refractivity contribution in [3.05, 3.63) is 53.8 Å². The van der Waals surface area contributed by atoms with Crippen molar-refractivity contribution in [2.45, 2.75) is 32.6 Å². The molecule has 0 fully saturated rings. The topological polar surface area (TPSA) is 12.4 Å². The molecule has 0 aliphatic carbocycles. The van der Waals surface area contributed by atoms with Gasteiger partial charge in [-0.25, -0.2) is 0 Å². The van der Waals surface area contributed by atoms with Crippen molar-refractivity contribution in [2.24, 2.45) is 4.99 Å². The summed E-state index contributed by atoms with van der Waals surface area (Å²) in [5.74, 6) is 0.181. The summed E-state index contributed by atoms with van der Waals surface area (Å²) in [5, 5.41) is 0. The maximum absolute atomic E-state index is 4.61. The van der Waals surface area contributed by atoms with Crippen LogP contribution in [0.4, 0.5) is 0 Å². The molecule has 0 spiro atoms. The molecule has 1 radical (unpaired) electrons. The standard InChI is InChI=1S/C16H20NSe/c1-4-12-17-16(18)15(13(5-2)6-3)14-10-8-7-9-11-14/h7-11,15H,2,4,6,12H2,1,3H3. The molecule has 1 aromatic carbocycles. The van der Waals surface area contributed by atoms with E-state index in [2.05, 4.69) is 71.4 Å². The Labute approximate surface area is 119 Å². The van der Waals surface area contributed by atoms with Crippen LogP contribution in [-0.4, -0.2) is 27.2 Å². The number of aliphatic imine (C=N–C) groups is 1. The van der Waals surface area contributed by atoms with Crippen LogP contribution in [0.3, 0.4) is 0 Å². The van der Waals surface area contributed by atoms with Gasteiger partial charge in [0.25, 0.3) is 0 Å². The first-order valence-electron chi connectivity index (χ1n) is 6.39. The summed E-state index contributed by atoms with van der Waals surface area (Å²) in [6.45, 7) is 8.94. The minimum absolute atomic E-state index is 0.181. The third kappa shape index (κ3) is 3.99. The molecule has 1 nitrogen and oxygen atoms in total. The normalized spacial score (nSPS) is 12.9. The Balaban J connectivity index is 3.15. The first-order valence-corrected chi connectivity index (χ1v) is 7.25. The van der Waals surface area contributed by atoms with Crippen molar-refractivity contribution < 1.29 is 0 Å². The second-order valence-electron chi connectivity index (χ2n) is 4.12. The van der Waals surface area contributed by atoms with Crippen molar-refractivity contribution in [3.63, 3.8) is 0 Å². The summed E-state index contributed by atoms with van der Waals surface area (Å²) < 4.78 is 1.04. The predicted molar refractivity (Wildman–Crippen MR) is 80.5 cm³/mol. The van der Waals surface area contributed by atoms with Crippen molar-refractivity contribution in [2.75, 3.05) is 6.54 Å². The molecule has 1 unspecified atom stereocenters. The maximum atomic E-state index is 4.61. The molecule has 1 aromatic rings. The second-order valence-corrected chi connectivity index (χ2v) is 5.00. The first-order chi connectivity index (χ1) is 8.74. The Morgan fingerprint density at radius 3 is 2.50 bits per heavy atom. The zero-order valence-electron chi connectivity index (χ0n) is 11.1. The van der Waals surface area contributed by atoms with E-state index in [0.717, 1.165) is 24.0 Å². The number of benzene rings is 1. The first kappa shape index (κ1) is 15.0. The Hall–Kier alpha value is -1.07. The predicted octanol–water partition coefficient (Wildman–Crippen LogP) is 3.87. The van der Waals surface area contributed by atoms with Gasteiger partial charge in [0, 0.05) is 0 Å². The van der Waals surface area contributed by atoms with Crippen LogP contribution in [-0.2, 0) is 0 Å². The number of hydrogen-bond donors (Lipinski definition) is 0. The zero-order valence-corrected chi connectivity index (χ0v) is 12.9. The SMILES string of the molecule is C=C=C(CC)C(C([Se])=NCCC)c1ccccc1. The second kappa shape index (κ2) is 8.11. The molecular weight excluding hydrogens is 285 g/mol. The molecule has 0 bridgehead atoms. The van der Waals surface area contributed by atoms with Crippen molar-refractivity contribution >= 4 is 20.6 Å². The Kier molecular flexibility index (Phi) is 6.75. The Morgan fingerprint density at radius 2 is 2.00 bits per heavy atom. The number of hydrogen-bond acceptors (Lipinski definition) is 1. The van der Waals surface area contributed by atoms with Gasteiger partial charge in [-0.1, -0.05) is 0 Å². The van der Waals surface area contributed by atoms with Crippen LogP contribution in [0.25, 0.3) is 0 Å². The van der Waals surface area contributed by atoms with Crippen molar-refractivity contribution in [1.29, 1.82) is 0 Å². The quantitative estimate of drug-likeness (QED) is 0.430. The monoisotopic (exact) mass is 306 g/mol. The summed E-state index contributed by atoms with van der Waals surface area (Å²) in [7, 11) is 0. The van der Waals surface area contributed by atoms with E-state index in [-0.39, 0.29) is 5.92 Å². The van der Waals surface area contributed by atoms with Crippen LogP contribution in [0, 0.1) is 0 Å². The van der Waals surface area contributed by atoms with E-state index in [4.69, 9.17) is 0 Å². The molecule has 0 aliphatic rings. The summed E-state index contributed by atoms with van der Waals surface area (Å²) >= 11 is 3.12. The molecule has 0 aromatic heterocycles. The van der Waals surface area contributed by atoms with Gasteiger partial charge in [0.1, 0.15) is 0 Å². The Morgan fingerprint density at radius 1 is 1.33 bits per heavy atom. The molecule has 95 valence electrons. The van der Waals surface area contributed by atoms with E-state index in [1.807, 2.05) is 6.07 Å². The third-order valence-electron chi connectivity index (χ3n) is 2.83. The van der Waals surface area contributed by atoms with Gasteiger partial charge in [0.15, 0.2) is 0 Å². The van der Waals surface area contributed by atoms with Crippen LogP contribution >= 0.6 is 0 Å². The van der Waals surface area contributed by atoms with E-state index in [0.29, 0.717) is 0 Å². The summed E-state index contributed by atoms with van der Waals surface area (Å²) in [6.07, 6.45) is 2.00. The Bertz CT molecular complexity index is 441. The van der Waals surface area contributed by atoms with E-state index in [9.17, 15) is 0 Å². The van der Waals surface area contributed by atoms with Crippen LogP contribution in [0.15, 0.2) is 53.2 Å². The van der Waals surface area contributed by atoms with Gasteiger partial charge in [-0.15, -0.1) is 0 Å². The van der Waals surface area contributed by atoms with Gasteiger partial charge < -0.3 is 0 Å². The van der Waals surface area contributed by atoms with Gasteiger partial charge in [0.05, 0.1) is 0 Å². The summed E-state index contributed by atoms with van der Waals surface area (Å²) in [5.41, 5.74) is 5.51. The fraction of sp³-hybridized carbons (Fsp3) is 0.375. The summed E-state index contributed by atoms with van der Waals surface area (Å²) in [4.78, 5) is 4.61. The molecular formula is C16H20NSe. The number of allylic oxidation sites excluding steroid dienone is 1. The van der Waals surface area contributed by atoms with Crippen molar-refractivity contribution in [3.8, 4) is 0 Å². The van der Waals surface area contributed by atoms with E-state index in [1.54, 1.807) is 0 Å². The van der Waals surface area contributed by atoms with Gasteiger partial charge in [-0.2, -0.15) is 0 Å². The number of nitrogens with zero attached hydrogens (tertiary/aromatic N) is 1. The molecule has 0 saturated heterocycles. The van der Waals surface area contributed by atoms with E-state index >= 15 is 0 Å². The van der Waals surface area contributed by atoms with Gasteiger partial charge in [0.2, 0.25) is 0 Å². The fourth-order valence-electron chi connectivity index (χ4n) is 1.88. The average molecular weight is 305 g/mol. The van der Waals surface area contributed by atoms with Crippen LogP contribution < -0.4 is 0 Å². The van der Waals surface area contributed by atoms with Crippen LogP contribution in [0.2, 0.25) is 0 Å². The number of rotatable bonds is 6. The van der Waals surface area contributed by atoms with E-state index < -0.39 is 0 Å². The molecule has 18 heavy (non-hydrogen) atoms. The average Bonchev–Trinajstić information content (AvgIpc) is 2.43. The molecule has 0 aliphatic heterocycles. The van der Waals surface area contributed by atoms with Gasteiger partial charge >= 0.3 is 119 Å². The molecule has 0 amide bonds. The summed E-state index contributed by atoms with van der Waals surface area (Å²) in [6, 6.07) is 10.4. The molecule has 0 saturated carbocycles. The van der Waals surface area contributed by atoms with Crippen molar-refractivity contribution in [1.82, 2.24) is 0 Å². The minimum atomic E-state index is 0.181. The molecule has 1 atom stereocenters. The van der Waals surface area contributed by atoms with E-state index in [1.165, 1.54) is 11.1 Å². The van der Waals surface area contributed by atoms with Crippen LogP contribution in [0.1, 0.15) is 38.2 Å². The fourth-order valence-corrected chi connectivity index (χ4v) is 2.66. The van der Waals surface area contributed by atoms with Gasteiger partial charge in [-0.3, -0.25) is 0 Å².